The van der Waals surface area contributed by atoms with Gasteiger partial charge >= 0.3 is 0 Å². The van der Waals surface area contributed by atoms with Crippen LogP contribution in [0.3, 0.4) is 0 Å². The van der Waals surface area contributed by atoms with E-state index in [9.17, 15) is 0 Å². The molecule has 1 aromatic rings. The Morgan fingerprint density at radius 2 is 2.00 bits per heavy atom. The van der Waals surface area contributed by atoms with Gasteiger partial charge in [0, 0.05) is 25.2 Å². The van der Waals surface area contributed by atoms with Gasteiger partial charge in [0.1, 0.15) is 11.5 Å². The molecule has 0 unspecified atom stereocenters. The Kier molecular flexibility index (Phi) is 6.54. The fraction of sp³-hybridized carbons (Fsp3) is 0.571. The van der Waals surface area contributed by atoms with Gasteiger partial charge in [-0.05, 0) is 31.8 Å². The molecule has 0 heterocycles. The molecule has 0 radical (unpaired) electrons. The minimum atomic E-state index is 0.853. The van der Waals surface area contributed by atoms with Crippen LogP contribution in [0.15, 0.2) is 18.2 Å². The van der Waals surface area contributed by atoms with Crippen LogP contribution in [0.25, 0.3) is 0 Å². The predicted octanol–water partition coefficient (Wildman–Crippen LogP) is 1.75. The van der Waals surface area contributed by atoms with Crippen molar-refractivity contribution in [3.8, 4) is 11.5 Å². The lowest BCUT2D eigenvalue weighted by molar-refractivity contribution is 0.315. The molecule has 102 valence electrons. The highest BCUT2D eigenvalue weighted by atomic mass is 16.5. The summed E-state index contributed by atoms with van der Waals surface area (Å²) in [5.74, 6) is 1.77. The Bertz CT molecular complexity index is 356. The normalized spacial score (nSPS) is 10.7. The minimum Gasteiger partial charge on any atom is -0.497 e. The molecule has 0 aliphatic heterocycles. The molecule has 0 fully saturated rings. The summed E-state index contributed by atoms with van der Waals surface area (Å²) < 4.78 is 10.6. The van der Waals surface area contributed by atoms with Crippen molar-refractivity contribution in [1.82, 2.24) is 10.2 Å². The molecular formula is C14H24N2O2. The third kappa shape index (κ3) is 4.55. The zero-order valence-electron chi connectivity index (χ0n) is 11.8. The smallest absolute Gasteiger partial charge is 0.123 e. The molecule has 0 atom stereocenters. The van der Waals surface area contributed by atoms with E-state index >= 15 is 0 Å². The van der Waals surface area contributed by atoms with E-state index in [2.05, 4.69) is 24.2 Å². The van der Waals surface area contributed by atoms with Gasteiger partial charge in [0.05, 0.1) is 14.2 Å². The van der Waals surface area contributed by atoms with Gasteiger partial charge in [-0.25, -0.2) is 0 Å². The maximum atomic E-state index is 5.37. The Morgan fingerprint density at radius 3 is 2.61 bits per heavy atom. The molecule has 0 saturated heterocycles. The van der Waals surface area contributed by atoms with Crippen molar-refractivity contribution in [3.05, 3.63) is 23.8 Å². The number of rotatable bonds is 8. The SMILES string of the molecule is CCNCCN(C)Cc1cc(OC)ccc1OC. The molecule has 4 heteroatoms. The Hall–Kier alpha value is -1.26. The van der Waals surface area contributed by atoms with E-state index in [1.54, 1.807) is 14.2 Å². The van der Waals surface area contributed by atoms with Crippen LogP contribution in [0.5, 0.6) is 11.5 Å². The summed E-state index contributed by atoms with van der Waals surface area (Å²) in [5.41, 5.74) is 1.15. The Balaban J connectivity index is 2.63. The van der Waals surface area contributed by atoms with Crippen molar-refractivity contribution in [3.63, 3.8) is 0 Å². The monoisotopic (exact) mass is 252 g/mol. The fourth-order valence-corrected chi connectivity index (χ4v) is 1.82. The van der Waals surface area contributed by atoms with Crippen LogP contribution < -0.4 is 14.8 Å². The molecular weight excluding hydrogens is 228 g/mol. The quantitative estimate of drug-likeness (QED) is 0.715. The highest BCUT2D eigenvalue weighted by Crippen LogP contribution is 2.24. The first kappa shape index (κ1) is 14.8. The Labute approximate surface area is 110 Å². The number of nitrogens with zero attached hydrogens (tertiary/aromatic N) is 1. The van der Waals surface area contributed by atoms with E-state index < -0.39 is 0 Å². The molecule has 1 N–H and O–H groups in total. The second-order valence-electron chi connectivity index (χ2n) is 4.27. The molecule has 1 rings (SSSR count). The molecule has 0 saturated carbocycles. The third-order valence-corrected chi connectivity index (χ3v) is 2.85. The van der Waals surface area contributed by atoms with Gasteiger partial charge in [0.25, 0.3) is 0 Å². The third-order valence-electron chi connectivity index (χ3n) is 2.85. The largest absolute Gasteiger partial charge is 0.497 e. The molecule has 0 spiro atoms. The Morgan fingerprint density at radius 1 is 1.22 bits per heavy atom. The summed E-state index contributed by atoms with van der Waals surface area (Å²) in [7, 11) is 5.49. The molecule has 18 heavy (non-hydrogen) atoms. The lowest BCUT2D eigenvalue weighted by Crippen LogP contribution is -2.28. The van der Waals surface area contributed by atoms with Gasteiger partial charge in [-0.15, -0.1) is 0 Å². The molecule has 0 bridgehead atoms. The molecule has 1 aromatic carbocycles. The van der Waals surface area contributed by atoms with Crippen molar-refractivity contribution in [2.75, 3.05) is 40.9 Å². The lowest BCUT2D eigenvalue weighted by Gasteiger charge is -2.19. The minimum absolute atomic E-state index is 0.853. The highest BCUT2D eigenvalue weighted by Gasteiger charge is 2.07. The van der Waals surface area contributed by atoms with E-state index in [-0.39, 0.29) is 0 Å². The first-order chi connectivity index (χ1) is 8.71. The van der Waals surface area contributed by atoms with Crippen molar-refractivity contribution in [1.29, 1.82) is 0 Å². The topological polar surface area (TPSA) is 33.7 Å². The molecule has 4 nitrogen and oxygen atoms in total. The summed E-state index contributed by atoms with van der Waals surface area (Å²) in [5, 5.41) is 3.32. The maximum absolute atomic E-state index is 5.37. The first-order valence-corrected chi connectivity index (χ1v) is 6.31. The second kappa shape index (κ2) is 7.95. The average molecular weight is 252 g/mol. The van der Waals surface area contributed by atoms with Crippen molar-refractivity contribution >= 4 is 0 Å². The zero-order valence-corrected chi connectivity index (χ0v) is 11.8. The molecule has 0 aliphatic rings. The number of benzene rings is 1. The van der Waals surface area contributed by atoms with E-state index in [1.807, 2.05) is 18.2 Å². The summed E-state index contributed by atoms with van der Waals surface area (Å²) in [4.78, 5) is 2.26. The standard InChI is InChI=1S/C14H24N2O2/c1-5-15-8-9-16(2)11-12-10-13(17-3)6-7-14(12)18-4/h6-7,10,15H,5,8-9,11H2,1-4H3. The predicted molar refractivity (Wildman–Crippen MR) is 74.4 cm³/mol. The van der Waals surface area contributed by atoms with Gasteiger partial charge in [-0.3, -0.25) is 0 Å². The van der Waals surface area contributed by atoms with Crippen LogP contribution in [0.2, 0.25) is 0 Å². The van der Waals surface area contributed by atoms with E-state index in [1.165, 1.54) is 0 Å². The summed E-state index contributed by atoms with van der Waals surface area (Å²) in [6.07, 6.45) is 0. The number of hydrogen-bond donors (Lipinski definition) is 1. The number of nitrogens with one attached hydrogen (secondary N) is 1. The van der Waals surface area contributed by atoms with Crippen LogP contribution in [0.1, 0.15) is 12.5 Å². The summed E-state index contributed by atoms with van der Waals surface area (Å²) in [6, 6.07) is 5.90. The maximum Gasteiger partial charge on any atom is 0.123 e. The molecule has 0 amide bonds. The van der Waals surface area contributed by atoms with Crippen molar-refractivity contribution in [2.24, 2.45) is 0 Å². The van der Waals surface area contributed by atoms with E-state index in [4.69, 9.17) is 9.47 Å². The number of likely N-dealkylation sites (N-methyl/N-ethyl adjacent to an activating group) is 2. The molecule has 0 aromatic heterocycles. The van der Waals surface area contributed by atoms with Gasteiger partial charge in [0.15, 0.2) is 0 Å². The molecule has 0 aliphatic carbocycles. The van der Waals surface area contributed by atoms with Crippen molar-refractivity contribution < 1.29 is 9.47 Å². The van der Waals surface area contributed by atoms with Gasteiger partial charge in [-0.1, -0.05) is 6.92 Å². The zero-order chi connectivity index (χ0) is 13.4. The second-order valence-corrected chi connectivity index (χ2v) is 4.27. The fourth-order valence-electron chi connectivity index (χ4n) is 1.82. The average Bonchev–Trinajstić information content (AvgIpc) is 2.39. The number of methoxy groups -OCH3 is 2. The lowest BCUT2D eigenvalue weighted by atomic mass is 10.1. The van der Waals surface area contributed by atoms with Crippen LogP contribution in [-0.2, 0) is 6.54 Å². The van der Waals surface area contributed by atoms with Gasteiger partial charge in [-0.2, -0.15) is 0 Å². The van der Waals surface area contributed by atoms with Crippen LogP contribution in [-0.4, -0.2) is 45.8 Å². The summed E-state index contributed by atoms with van der Waals surface area (Å²) >= 11 is 0. The first-order valence-electron chi connectivity index (χ1n) is 6.31. The van der Waals surface area contributed by atoms with Gasteiger partial charge in [0.2, 0.25) is 0 Å². The number of ether oxygens (including phenoxy) is 2. The highest BCUT2D eigenvalue weighted by molar-refractivity contribution is 5.40. The van der Waals surface area contributed by atoms with Gasteiger partial charge < -0.3 is 19.7 Å². The van der Waals surface area contributed by atoms with E-state index in [0.717, 1.165) is 43.2 Å². The van der Waals surface area contributed by atoms with Crippen LogP contribution >= 0.6 is 0 Å². The van der Waals surface area contributed by atoms with Crippen LogP contribution in [0.4, 0.5) is 0 Å². The summed E-state index contributed by atoms with van der Waals surface area (Å²) in [6.45, 7) is 5.99. The van der Waals surface area contributed by atoms with E-state index in [0.29, 0.717) is 0 Å². The van der Waals surface area contributed by atoms with Crippen molar-refractivity contribution in [2.45, 2.75) is 13.5 Å². The number of hydrogen-bond acceptors (Lipinski definition) is 4. The van der Waals surface area contributed by atoms with Crippen LogP contribution in [0, 0.1) is 0 Å².